The Kier molecular flexibility index (Phi) is 4.19. The molecule has 3 rings (SSSR count). The van der Waals surface area contributed by atoms with Gasteiger partial charge in [-0.2, -0.15) is 0 Å². The van der Waals surface area contributed by atoms with E-state index >= 15 is 0 Å². The lowest BCUT2D eigenvalue weighted by atomic mass is 10.3. The van der Waals surface area contributed by atoms with Gasteiger partial charge in [0.15, 0.2) is 10.7 Å². The predicted octanol–water partition coefficient (Wildman–Crippen LogP) is 1.08. The summed E-state index contributed by atoms with van der Waals surface area (Å²) in [5.41, 5.74) is 0.726. The molecule has 2 amide bonds. The van der Waals surface area contributed by atoms with Gasteiger partial charge >= 0.3 is 0 Å². The van der Waals surface area contributed by atoms with E-state index in [1.807, 2.05) is 22.2 Å². The van der Waals surface area contributed by atoms with Gasteiger partial charge in [-0.3, -0.25) is 14.0 Å². The summed E-state index contributed by atoms with van der Waals surface area (Å²) >= 11 is 1.52. The molecule has 0 saturated carbocycles. The van der Waals surface area contributed by atoms with Crippen molar-refractivity contribution in [3.63, 3.8) is 0 Å². The topological polar surface area (TPSA) is 88.6 Å². The van der Waals surface area contributed by atoms with E-state index in [2.05, 4.69) is 15.6 Å². The van der Waals surface area contributed by atoms with E-state index < -0.39 is 0 Å². The highest BCUT2D eigenvalue weighted by molar-refractivity contribution is 7.15. The third kappa shape index (κ3) is 3.34. The molecule has 0 radical (unpaired) electrons. The number of nitrogens with one attached hydrogen (secondary N) is 2. The molecule has 0 atom stereocenters. The molecule has 114 valence electrons. The zero-order valence-electron chi connectivity index (χ0n) is 11.6. The van der Waals surface area contributed by atoms with Gasteiger partial charge in [-0.1, -0.05) is 0 Å². The fraction of sp³-hybridized carbons (Fsp3) is 0.214. The molecule has 0 bridgehead atoms. The van der Waals surface area contributed by atoms with Gasteiger partial charge in [0, 0.05) is 30.9 Å². The summed E-state index contributed by atoms with van der Waals surface area (Å²) in [7, 11) is 0. The van der Waals surface area contributed by atoms with Crippen LogP contribution in [0.2, 0.25) is 0 Å². The average molecular weight is 318 g/mol. The molecule has 3 aromatic rings. The lowest BCUT2D eigenvalue weighted by Crippen LogP contribution is -2.35. The molecular formula is C14H14N4O3S. The number of hydrogen-bond donors (Lipinski definition) is 2. The summed E-state index contributed by atoms with van der Waals surface area (Å²) in [6, 6.07) is 3.23. The summed E-state index contributed by atoms with van der Waals surface area (Å²) in [4.78, 5) is 28.6. The summed E-state index contributed by atoms with van der Waals surface area (Å²) in [6.07, 6.45) is 5.40. The fourth-order valence-electron chi connectivity index (χ4n) is 1.96. The normalized spacial score (nSPS) is 10.7. The second-order valence-corrected chi connectivity index (χ2v) is 5.46. The Morgan fingerprint density at radius 3 is 2.95 bits per heavy atom. The van der Waals surface area contributed by atoms with E-state index in [9.17, 15) is 9.59 Å². The minimum Gasteiger partial charge on any atom is -0.459 e. The molecule has 0 aliphatic heterocycles. The molecule has 0 unspecified atom stereocenters. The molecule has 3 aromatic heterocycles. The molecule has 8 heteroatoms. The highest BCUT2D eigenvalue weighted by Gasteiger charge is 2.09. The molecule has 0 aliphatic rings. The fourth-order valence-corrected chi connectivity index (χ4v) is 2.68. The van der Waals surface area contributed by atoms with Crippen LogP contribution in [0.4, 0.5) is 0 Å². The van der Waals surface area contributed by atoms with Crippen molar-refractivity contribution in [2.24, 2.45) is 0 Å². The van der Waals surface area contributed by atoms with E-state index in [0.717, 1.165) is 10.7 Å². The smallest absolute Gasteiger partial charge is 0.287 e. The highest BCUT2D eigenvalue weighted by atomic mass is 32.1. The zero-order chi connectivity index (χ0) is 15.4. The van der Waals surface area contributed by atoms with E-state index in [-0.39, 0.29) is 24.0 Å². The molecule has 0 aromatic carbocycles. The summed E-state index contributed by atoms with van der Waals surface area (Å²) in [5.74, 6) is -0.170. The van der Waals surface area contributed by atoms with E-state index in [1.165, 1.54) is 17.6 Å². The summed E-state index contributed by atoms with van der Waals surface area (Å²) in [6.45, 7) is 0.692. The average Bonchev–Trinajstić information content (AvgIpc) is 3.19. The highest BCUT2D eigenvalue weighted by Crippen LogP contribution is 2.11. The van der Waals surface area contributed by atoms with Gasteiger partial charge in [-0.05, 0) is 12.1 Å². The van der Waals surface area contributed by atoms with Crippen molar-refractivity contribution >= 4 is 28.1 Å². The van der Waals surface area contributed by atoms with Crippen LogP contribution >= 0.6 is 11.3 Å². The Hall–Kier alpha value is -2.61. The third-order valence-corrected chi connectivity index (χ3v) is 3.73. The largest absolute Gasteiger partial charge is 0.459 e. The first-order valence-corrected chi connectivity index (χ1v) is 7.60. The number of amides is 2. The molecule has 7 nitrogen and oxygen atoms in total. The first kappa shape index (κ1) is 14.3. The third-order valence-electron chi connectivity index (χ3n) is 2.96. The van der Waals surface area contributed by atoms with E-state index in [4.69, 9.17) is 4.42 Å². The molecule has 0 spiro atoms. The zero-order valence-corrected chi connectivity index (χ0v) is 12.4. The van der Waals surface area contributed by atoms with Crippen LogP contribution in [0.15, 0.2) is 40.6 Å². The van der Waals surface area contributed by atoms with Gasteiger partial charge in [-0.15, -0.1) is 11.3 Å². The number of carbonyl (C=O) groups is 2. The molecule has 0 aliphatic carbocycles. The predicted molar refractivity (Wildman–Crippen MR) is 80.8 cm³/mol. The number of aromatic nitrogens is 2. The molecule has 0 fully saturated rings. The van der Waals surface area contributed by atoms with Crippen LogP contribution in [0.25, 0.3) is 4.96 Å². The molecular weight excluding hydrogens is 304 g/mol. The number of imidazole rings is 1. The second kappa shape index (κ2) is 6.44. The van der Waals surface area contributed by atoms with Crippen molar-refractivity contribution in [3.05, 3.63) is 47.6 Å². The molecule has 0 saturated heterocycles. The number of carbonyl (C=O) groups excluding carboxylic acids is 2. The van der Waals surface area contributed by atoms with Crippen LogP contribution in [0.5, 0.6) is 0 Å². The van der Waals surface area contributed by atoms with Gasteiger partial charge in [0.25, 0.3) is 5.91 Å². The quantitative estimate of drug-likeness (QED) is 0.666. The second-order valence-electron chi connectivity index (χ2n) is 4.59. The van der Waals surface area contributed by atoms with Crippen molar-refractivity contribution in [2.45, 2.75) is 6.42 Å². The maximum Gasteiger partial charge on any atom is 0.287 e. The van der Waals surface area contributed by atoms with Crippen LogP contribution in [-0.4, -0.2) is 34.3 Å². The van der Waals surface area contributed by atoms with Crippen LogP contribution in [0.3, 0.4) is 0 Å². The molecule has 2 N–H and O–H groups in total. The van der Waals surface area contributed by atoms with Crippen LogP contribution in [0.1, 0.15) is 16.2 Å². The number of fused-ring (bicyclic) bond motifs is 1. The standard InChI is InChI=1S/C14H14N4O3S/c19-12(8-10-9-18-5-7-22-14(18)17-10)15-3-4-16-13(20)11-2-1-6-21-11/h1-2,5-7,9H,3-4,8H2,(H,15,19)(H,16,20). The lowest BCUT2D eigenvalue weighted by molar-refractivity contribution is -0.120. The van der Waals surface area contributed by atoms with Crippen molar-refractivity contribution in [3.8, 4) is 0 Å². The monoisotopic (exact) mass is 318 g/mol. The van der Waals surface area contributed by atoms with Gasteiger partial charge in [0.2, 0.25) is 5.91 Å². The van der Waals surface area contributed by atoms with Crippen LogP contribution in [-0.2, 0) is 11.2 Å². The van der Waals surface area contributed by atoms with Crippen molar-refractivity contribution < 1.29 is 14.0 Å². The number of thiazole rings is 1. The van der Waals surface area contributed by atoms with Gasteiger partial charge in [-0.25, -0.2) is 4.98 Å². The Morgan fingerprint density at radius 2 is 2.18 bits per heavy atom. The van der Waals surface area contributed by atoms with E-state index in [1.54, 1.807) is 12.1 Å². The van der Waals surface area contributed by atoms with Crippen molar-refractivity contribution in [1.29, 1.82) is 0 Å². The minimum atomic E-state index is -0.298. The van der Waals surface area contributed by atoms with Crippen molar-refractivity contribution in [2.75, 3.05) is 13.1 Å². The van der Waals surface area contributed by atoms with Gasteiger partial charge in [0.1, 0.15) is 0 Å². The SMILES string of the molecule is O=C(Cc1cn2ccsc2n1)NCCNC(=O)c1ccco1. The molecule has 3 heterocycles. The first-order chi connectivity index (χ1) is 10.7. The van der Waals surface area contributed by atoms with Crippen molar-refractivity contribution in [1.82, 2.24) is 20.0 Å². The Labute approximate surface area is 130 Å². The lowest BCUT2D eigenvalue weighted by Gasteiger charge is -2.05. The van der Waals surface area contributed by atoms with Gasteiger partial charge < -0.3 is 15.1 Å². The maximum absolute atomic E-state index is 11.8. The Morgan fingerprint density at radius 1 is 1.32 bits per heavy atom. The minimum absolute atomic E-state index is 0.127. The van der Waals surface area contributed by atoms with Gasteiger partial charge in [0.05, 0.1) is 18.4 Å². The summed E-state index contributed by atoms with van der Waals surface area (Å²) in [5, 5.41) is 7.33. The van der Waals surface area contributed by atoms with E-state index in [0.29, 0.717) is 13.1 Å². The number of furan rings is 1. The number of rotatable bonds is 6. The Balaban J connectivity index is 1.39. The number of hydrogen-bond acceptors (Lipinski definition) is 5. The maximum atomic E-state index is 11.8. The number of nitrogens with zero attached hydrogens (tertiary/aromatic N) is 2. The Bertz CT molecular complexity index is 747. The summed E-state index contributed by atoms with van der Waals surface area (Å²) < 4.78 is 6.85. The first-order valence-electron chi connectivity index (χ1n) is 6.72. The van der Waals surface area contributed by atoms with Crippen LogP contribution < -0.4 is 10.6 Å². The van der Waals surface area contributed by atoms with Crippen LogP contribution in [0, 0.1) is 0 Å². The molecule has 22 heavy (non-hydrogen) atoms.